The number of halogens is 1. The number of anilines is 1. The first-order valence-corrected chi connectivity index (χ1v) is 9.69. The summed E-state index contributed by atoms with van der Waals surface area (Å²) in [5.41, 5.74) is 4.17. The minimum atomic E-state index is -0.260. The van der Waals surface area contributed by atoms with E-state index in [1.807, 2.05) is 67.7 Å². The molecule has 0 bridgehead atoms. The zero-order valence-corrected chi connectivity index (χ0v) is 16.9. The van der Waals surface area contributed by atoms with Gasteiger partial charge in [-0.2, -0.15) is 0 Å². The summed E-state index contributed by atoms with van der Waals surface area (Å²) in [6, 6.07) is 26.2. The number of benzene rings is 3. The summed E-state index contributed by atoms with van der Waals surface area (Å²) in [4.78, 5) is 14.9. The van der Waals surface area contributed by atoms with Crippen LogP contribution in [0.5, 0.6) is 0 Å². The average molecular weight is 420 g/mol. The average Bonchev–Trinajstić information content (AvgIpc) is 2.72. The maximum Gasteiger partial charge on any atom is 0.234 e. The van der Waals surface area contributed by atoms with E-state index < -0.39 is 0 Å². The summed E-state index contributed by atoms with van der Waals surface area (Å²) < 4.78 is 0.901. The Bertz CT molecular complexity index is 919. The molecule has 0 radical (unpaired) electrons. The Hall–Kier alpha value is -2.65. The van der Waals surface area contributed by atoms with Gasteiger partial charge in [-0.05, 0) is 51.2 Å². The standard InChI is InChI=1S/C24H22BrNO/c1-3-9-21(24(27)26(2)23-13-8-7-12-22(23)25)20-16-14-19(15-17-20)18-10-5-4-6-11-18/h3-8,10-17,21H,1,9H2,2H3. The minimum absolute atomic E-state index is 0.0502. The van der Waals surface area contributed by atoms with E-state index in [1.54, 1.807) is 4.90 Å². The predicted molar refractivity (Wildman–Crippen MR) is 117 cm³/mol. The van der Waals surface area contributed by atoms with Gasteiger partial charge in [-0.3, -0.25) is 4.79 Å². The summed E-state index contributed by atoms with van der Waals surface area (Å²) in [6.07, 6.45) is 2.40. The van der Waals surface area contributed by atoms with E-state index in [1.165, 1.54) is 5.56 Å². The molecule has 3 aromatic rings. The second kappa shape index (κ2) is 8.83. The molecule has 136 valence electrons. The summed E-state index contributed by atoms with van der Waals surface area (Å²) >= 11 is 3.53. The molecule has 0 saturated heterocycles. The lowest BCUT2D eigenvalue weighted by Crippen LogP contribution is -2.31. The summed E-state index contributed by atoms with van der Waals surface area (Å²) in [5, 5.41) is 0. The lowest BCUT2D eigenvalue weighted by molar-refractivity contribution is -0.119. The van der Waals surface area contributed by atoms with Crippen LogP contribution in [-0.2, 0) is 4.79 Å². The molecule has 0 aromatic heterocycles. The van der Waals surface area contributed by atoms with Gasteiger partial charge in [-0.1, -0.05) is 72.8 Å². The number of rotatable bonds is 6. The van der Waals surface area contributed by atoms with Crippen molar-refractivity contribution in [3.8, 4) is 11.1 Å². The molecule has 2 nitrogen and oxygen atoms in total. The fourth-order valence-corrected chi connectivity index (χ4v) is 3.71. The number of likely N-dealkylation sites (N-methyl/N-ethyl adjacent to an activating group) is 1. The highest BCUT2D eigenvalue weighted by atomic mass is 79.9. The normalized spacial score (nSPS) is 11.6. The van der Waals surface area contributed by atoms with Crippen molar-refractivity contribution in [2.75, 3.05) is 11.9 Å². The van der Waals surface area contributed by atoms with E-state index in [4.69, 9.17) is 0 Å². The second-order valence-electron chi connectivity index (χ2n) is 6.41. The van der Waals surface area contributed by atoms with E-state index >= 15 is 0 Å². The summed E-state index contributed by atoms with van der Waals surface area (Å²) in [5.74, 6) is -0.210. The molecule has 0 heterocycles. The van der Waals surface area contributed by atoms with Crippen LogP contribution >= 0.6 is 15.9 Å². The number of hydrogen-bond acceptors (Lipinski definition) is 1. The zero-order chi connectivity index (χ0) is 19.2. The molecule has 3 aromatic carbocycles. The van der Waals surface area contributed by atoms with Gasteiger partial charge in [0.25, 0.3) is 0 Å². The second-order valence-corrected chi connectivity index (χ2v) is 7.27. The number of allylic oxidation sites excluding steroid dienone is 1. The molecule has 1 unspecified atom stereocenters. The van der Waals surface area contributed by atoms with Crippen molar-refractivity contribution in [1.29, 1.82) is 0 Å². The SMILES string of the molecule is C=CCC(C(=O)N(C)c1ccccc1Br)c1ccc(-c2ccccc2)cc1. The number of carbonyl (C=O) groups is 1. The van der Waals surface area contributed by atoms with Crippen molar-refractivity contribution < 1.29 is 4.79 Å². The predicted octanol–water partition coefficient (Wildman–Crippen LogP) is 6.44. The van der Waals surface area contributed by atoms with E-state index in [9.17, 15) is 4.79 Å². The quantitative estimate of drug-likeness (QED) is 0.421. The zero-order valence-electron chi connectivity index (χ0n) is 15.3. The van der Waals surface area contributed by atoms with Gasteiger partial charge in [-0.15, -0.1) is 6.58 Å². The van der Waals surface area contributed by atoms with Gasteiger partial charge >= 0.3 is 0 Å². The lowest BCUT2D eigenvalue weighted by atomic mass is 9.92. The molecule has 1 amide bonds. The van der Waals surface area contributed by atoms with Crippen molar-refractivity contribution in [3.63, 3.8) is 0 Å². The highest BCUT2D eigenvalue weighted by Gasteiger charge is 2.24. The Kier molecular flexibility index (Phi) is 6.25. The smallest absolute Gasteiger partial charge is 0.234 e. The number of nitrogens with zero attached hydrogens (tertiary/aromatic N) is 1. The molecule has 0 N–H and O–H groups in total. The molecule has 3 heteroatoms. The van der Waals surface area contributed by atoms with Gasteiger partial charge in [0.05, 0.1) is 11.6 Å². The Morgan fingerprint density at radius 1 is 0.963 bits per heavy atom. The number of hydrogen-bond donors (Lipinski definition) is 0. The Balaban J connectivity index is 1.88. The molecule has 0 fully saturated rings. The van der Waals surface area contributed by atoms with Crippen molar-refractivity contribution in [2.24, 2.45) is 0 Å². The maximum atomic E-state index is 13.2. The third-order valence-electron chi connectivity index (χ3n) is 4.67. The molecule has 0 saturated carbocycles. The van der Waals surface area contributed by atoms with Gasteiger partial charge in [0.15, 0.2) is 0 Å². The van der Waals surface area contributed by atoms with Crippen LogP contribution in [0.25, 0.3) is 11.1 Å². The van der Waals surface area contributed by atoms with Crippen LogP contribution < -0.4 is 4.90 Å². The Morgan fingerprint density at radius 3 is 2.19 bits per heavy atom. The van der Waals surface area contributed by atoms with Crippen LogP contribution in [-0.4, -0.2) is 13.0 Å². The van der Waals surface area contributed by atoms with Crippen molar-refractivity contribution in [1.82, 2.24) is 0 Å². The first-order valence-electron chi connectivity index (χ1n) is 8.90. The molecule has 3 rings (SSSR count). The Labute approximate surface area is 169 Å². The van der Waals surface area contributed by atoms with Crippen LogP contribution in [0, 0.1) is 0 Å². The van der Waals surface area contributed by atoms with Gasteiger partial charge in [0.2, 0.25) is 5.91 Å². The van der Waals surface area contributed by atoms with Gasteiger partial charge < -0.3 is 4.90 Å². The molecular weight excluding hydrogens is 398 g/mol. The third-order valence-corrected chi connectivity index (χ3v) is 5.34. The summed E-state index contributed by atoms with van der Waals surface area (Å²) in [6.45, 7) is 3.84. The number of para-hydroxylation sites is 1. The van der Waals surface area contributed by atoms with Crippen LogP contribution in [0.3, 0.4) is 0 Å². The van der Waals surface area contributed by atoms with Crippen molar-refractivity contribution >= 4 is 27.5 Å². The van der Waals surface area contributed by atoms with E-state index in [-0.39, 0.29) is 11.8 Å². The Morgan fingerprint density at radius 2 is 1.56 bits per heavy atom. The molecule has 0 aliphatic carbocycles. The van der Waals surface area contributed by atoms with Crippen molar-refractivity contribution in [2.45, 2.75) is 12.3 Å². The lowest BCUT2D eigenvalue weighted by Gasteiger charge is -2.24. The van der Waals surface area contributed by atoms with Gasteiger partial charge in [-0.25, -0.2) is 0 Å². The van der Waals surface area contributed by atoms with E-state index in [0.29, 0.717) is 6.42 Å². The minimum Gasteiger partial charge on any atom is -0.314 e. The first-order chi connectivity index (χ1) is 13.1. The monoisotopic (exact) mass is 419 g/mol. The molecule has 0 aliphatic heterocycles. The van der Waals surface area contributed by atoms with Crippen LogP contribution in [0.1, 0.15) is 17.9 Å². The van der Waals surface area contributed by atoms with Crippen LogP contribution in [0.2, 0.25) is 0 Å². The topological polar surface area (TPSA) is 20.3 Å². The van der Waals surface area contributed by atoms with Gasteiger partial charge in [0.1, 0.15) is 0 Å². The fourth-order valence-electron chi connectivity index (χ4n) is 3.16. The highest BCUT2D eigenvalue weighted by Crippen LogP contribution is 2.30. The molecule has 0 spiro atoms. The van der Waals surface area contributed by atoms with E-state index in [0.717, 1.165) is 21.3 Å². The summed E-state index contributed by atoms with van der Waals surface area (Å²) in [7, 11) is 1.82. The fraction of sp³-hybridized carbons (Fsp3) is 0.125. The largest absolute Gasteiger partial charge is 0.314 e. The van der Waals surface area contributed by atoms with E-state index in [2.05, 4.69) is 46.8 Å². The van der Waals surface area contributed by atoms with Crippen LogP contribution in [0.15, 0.2) is 96.0 Å². The van der Waals surface area contributed by atoms with Crippen LogP contribution in [0.4, 0.5) is 5.69 Å². The number of amides is 1. The molecule has 27 heavy (non-hydrogen) atoms. The number of carbonyl (C=O) groups excluding carboxylic acids is 1. The molecule has 1 atom stereocenters. The molecular formula is C24H22BrNO. The first kappa shape index (κ1) is 19.1. The maximum absolute atomic E-state index is 13.2. The van der Waals surface area contributed by atoms with Gasteiger partial charge in [0, 0.05) is 11.5 Å². The molecule has 0 aliphatic rings. The third kappa shape index (κ3) is 4.37. The van der Waals surface area contributed by atoms with Crippen molar-refractivity contribution in [3.05, 3.63) is 102 Å². The highest BCUT2D eigenvalue weighted by molar-refractivity contribution is 9.10.